The van der Waals surface area contributed by atoms with Crippen LogP contribution in [0.2, 0.25) is 0 Å². The summed E-state index contributed by atoms with van der Waals surface area (Å²) in [6.45, 7) is 0.515. The lowest BCUT2D eigenvalue weighted by Gasteiger charge is -2.14. The summed E-state index contributed by atoms with van der Waals surface area (Å²) in [4.78, 5) is 25.0. The summed E-state index contributed by atoms with van der Waals surface area (Å²) in [5, 5.41) is 10.9. The van der Waals surface area contributed by atoms with Gasteiger partial charge in [-0.05, 0) is 23.6 Å². The van der Waals surface area contributed by atoms with Crippen LogP contribution in [0, 0.1) is 10.1 Å². The fraction of sp³-hybridized carbons (Fsp3) is 0.111. The maximum Gasteiger partial charge on any atom is 0.270 e. The molecule has 1 aliphatic rings. The Labute approximate surface area is 154 Å². The molecule has 1 saturated heterocycles. The number of rotatable bonds is 5. The second kappa shape index (κ2) is 7.58. The minimum absolute atomic E-state index is 0.00620. The van der Waals surface area contributed by atoms with Crippen molar-refractivity contribution in [3.8, 4) is 0 Å². The summed E-state index contributed by atoms with van der Waals surface area (Å²) in [6, 6.07) is 16.1. The summed E-state index contributed by atoms with van der Waals surface area (Å²) < 4.78 is 0.512. The molecule has 7 heteroatoms. The molecule has 1 amide bonds. The van der Waals surface area contributed by atoms with Crippen molar-refractivity contribution in [2.45, 2.75) is 6.42 Å². The quantitative estimate of drug-likeness (QED) is 0.344. The first kappa shape index (κ1) is 17.3. The second-order valence-corrected chi connectivity index (χ2v) is 7.10. The van der Waals surface area contributed by atoms with E-state index in [1.54, 1.807) is 23.1 Å². The first-order chi connectivity index (χ1) is 12.0. The van der Waals surface area contributed by atoms with E-state index in [0.29, 0.717) is 21.3 Å². The van der Waals surface area contributed by atoms with Crippen molar-refractivity contribution in [3.05, 3.63) is 80.7 Å². The summed E-state index contributed by atoms with van der Waals surface area (Å²) >= 11 is 6.54. The lowest BCUT2D eigenvalue weighted by Crippen LogP contribution is -2.30. The molecule has 126 valence electrons. The summed E-state index contributed by atoms with van der Waals surface area (Å²) in [5.41, 5.74) is 1.74. The fourth-order valence-electron chi connectivity index (χ4n) is 2.46. The Kier molecular flexibility index (Phi) is 5.25. The van der Waals surface area contributed by atoms with E-state index in [1.165, 1.54) is 23.9 Å². The Morgan fingerprint density at radius 1 is 1.16 bits per heavy atom. The Bertz CT molecular complexity index is 866. The molecule has 0 atom stereocenters. The molecule has 1 fully saturated rings. The van der Waals surface area contributed by atoms with Gasteiger partial charge in [0.1, 0.15) is 4.32 Å². The molecule has 2 aromatic rings. The molecular formula is C18H14N2O3S2. The van der Waals surface area contributed by atoms with Crippen LogP contribution in [0.25, 0.3) is 6.08 Å². The van der Waals surface area contributed by atoms with Gasteiger partial charge in [-0.25, -0.2) is 0 Å². The molecule has 1 aliphatic heterocycles. The molecule has 0 aliphatic carbocycles. The molecule has 0 unspecified atom stereocenters. The highest BCUT2D eigenvalue weighted by Gasteiger charge is 2.31. The lowest BCUT2D eigenvalue weighted by molar-refractivity contribution is -0.384. The van der Waals surface area contributed by atoms with Gasteiger partial charge in [0.25, 0.3) is 11.6 Å². The standard InChI is InChI=1S/C18H14N2O3S2/c21-17-16(12-14-7-4-8-15(11-14)20(22)23)25-18(24)19(17)10-9-13-5-2-1-3-6-13/h1-8,11-12H,9-10H2/b16-12+. The van der Waals surface area contributed by atoms with E-state index in [9.17, 15) is 14.9 Å². The van der Waals surface area contributed by atoms with Gasteiger partial charge in [0, 0.05) is 18.7 Å². The van der Waals surface area contributed by atoms with Crippen LogP contribution >= 0.6 is 24.0 Å². The van der Waals surface area contributed by atoms with E-state index < -0.39 is 4.92 Å². The largest absolute Gasteiger partial charge is 0.293 e. The zero-order valence-corrected chi connectivity index (χ0v) is 14.8. The maximum absolute atomic E-state index is 12.6. The van der Waals surface area contributed by atoms with Crippen molar-refractivity contribution in [2.75, 3.05) is 6.54 Å². The summed E-state index contributed by atoms with van der Waals surface area (Å²) in [6.07, 6.45) is 2.37. The normalized spacial score (nSPS) is 15.8. The van der Waals surface area contributed by atoms with Crippen molar-refractivity contribution in [1.82, 2.24) is 4.90 Å². The molecule has 0 aromatic heterocycles. The van der Waals surface area contributed by atoms with Crippen LogP contribution < -0.4 is 0 Å². The van der Waals surface area contributed by atoms with Crippen LogP contribution in [0.1, 0.15) is 11.1 Å². The van der Waals surface area contributed by atoms with E-state index in [4.69, 9.17) is 12.2 Å². The second-order valence-electron chi connectivity index (χ2n) is 5.42. The molecule has 25 heavy (non-hydrogen) atoms. The fourth-order valence-corrected chi connectivity index (χ4v) is 3.77. The highest BCUT2D eigenvalue weighted by molar-refractivity contribution is 8.26. The average molecular weight is 370 g/mol. The van der Waals surface area contributed by atoms with Crippen LogP contribution in [-0.4, -0.2) is 26.6 Å². The minimum atomic E-state index is -0.456. The summed E-state index contributed by atoms with van der Waals surface area (Å²) in [7, 11) is 0. The van der Waals surface area contributed by atoms with Gasteiger partial charge in [0.05, 0.1) is 9.83 Å². The number of carbonyl (C=O) groups is 1. The highest BCUT2D eigenvalue weighted by atomic mass is 32.2. The number of hydrogen-bond donors (Lipinski definition) is 0. The van der Waals surface area contributed by atoms with Gasteiger partial charge in [-0.1, -0.05) is 66.4 Å². The van der Waals surface area contributed by atoms with E-state index in [0.717, 1.165) is 12.0 Å². The maximum atomic E-state index is 12.6. The number of amides is 1. The third-order valence-electron chi connectivity index (χ3n) is 3.72. The van der Waals surface area contributed by atoms with Gasteiger partial charge in [-0.3, -0.25) is 19.8 Å². The first-order valence-corrected chi connectivity index (χ1v) is 8.81. The molecule has 0 radical (unpaired) electrons. The van der Waals surface area contributed by atoms with Crippen LogP contribution in [0.15, 0.2) is 59.5 Å². The highest BCUT2D eigenvalue weighted by Crippen LogP contribution is 2.33. The Morgan fingerprint density at radius 3 is 2.64 bits per heavy atom. The predicted molar refractivity (Wildman–Crippen MR) is 103 cm³/mol. The smallest absolute Gasteiger partial charge is 0.270 e. The summed E-state index contributed by atoms with van der Waals surface area (Å²) in [5.74, 6) is -0.155. The average Bonchev–Trinajstić information content (AvgIpc) is 2.87. The van der Waals surface area contributed by atoms with E-state index >= 15 is 0 Å². The number of nitrogens with zero attached hydrogens (tertiary/aromatic N) is 2. The van der Waals surface area contributed by atoms with Crippen LogP contribution in [-0.2, 0) is 11.2 Å². The number of carbonyl (C=O) groups excluding carboxylic acids is 1. The Hall–Kier alpha value is -2.51. The number of nitro benzene ring substituents is 1. The van der Waals surface area contributed by atoms with Crippen LogP contribution in [0.5, 0.6) is 0 Å². The molecule has 2 aromatic carbocycles. The third-order valence-corrected chi connectivity index (χ3v) is 5.10. The molecule has 3 rings (SSSR count). The van der Waals surface area contributed by atoms with Crippen molar-refractivity contribution in [3.63, 3.8) is 0 Å². The zero-order valence-electron chi connectivity index (χ0n) is 13.1. The number of thiocarbonyl (C=S) groups is 1. The van der Waals surface area contributed by atoms with E-state index in [1.807, 2.05) is 30.3 Å². The molecule has 1 heterocycles. The van der Waals surface area contributed by atoms with Gasteiger partial charge >= 0.3 is 0 Å². The van der Waals surface area contributed by atoms with Gasteiger partial charge in [0.15, 0.2) is 0 Å². The van der Waals surface area contributed by atoms with Crippen LogP contribution in [0.4, 0.5) is 5.69 Å². The number of benzene rings is 2. The minimum Gasteiger partial charge on any atom is -0.293 e. The Balaban J connectivity index is 1.74. The van der Waals surface area contributed by atoms with Gasteiger partial charge in [-0.15, -0.1) is 0 Å². The lowest BCUT2D eigenvalue weighted by atomic mass is 10.1. The molecular weight excluding hydrogens is 356 g/mol. The number of thioether (sulfide) groups is 1. The van der Waals surface area contributed by atoms with E-state index in [-0.39, 0.29) is 11.6 Å². The van der Waals surface area contributed by atoms with E-state index in [2.05, 4.69) is 0 Å². The van der Waals surface area contributed by atoms with Crippen molar-refractivity contribution < 1.29 is 9.72 Å². The molecule has 0 spiro atoms. The van der Waals surface area contributed by atoms with Crippen molar-refractivity contribution in [1.29, 1.82) is 0 Å². The third kappa shape index (κ3) is 4.12. The zero-order chi connectivity index (χ0) is 17.8. The number of nitro groups is 1. The van der Waals surface area contributed by atoms with Crippen molar-refractivity contribution in [2.24, 2.45) is 0 Å². The van der Waals surface area contributed by atoms with Gasteiger partial charge in [0.2, 0.25) is 0 Å². The molecule has 0 saturated carbocycles. The van der Waals surface area contributed by atoms with Gasteiger partial charge < -0.3 is 0 Å². The number of hydrogen-bond acceptors (Lipinski definition) is 5. The first-order valence-electron chi connectivity index (χ1n) is 7.58. The number of non-ortho nitro benzene ring substituents is 1. The topological polar surface area (TPSA) is 63.4 Å². The molecule has 0 bridgehead atoms. The predicted octanol–water partition coefficient (Wildman–Crippen LogP) is 4.04. The Morgan fingerprint density at radius 2 is 1.92 bits per heavy atom. The van der Waals surface area contributed by atoms with Crippen LogP contribution in [0.3, 0.4) is 0 Å². The van der Waals surface area contributed by atoms with Crippen molar-refractivity contribution >= 4 is 46.0 Å². The van der Waals surface area contributed by atoms with Gasteiger partial charge in [-0.2, -0.15) is 0 Å². The SMILES string of the molecule is O=C1/C(=C\c2cccc([N+](=O)[O-])c2)SC(=S)N1CCc1ccccc1. The molecule has 0 N–H and O–H groups in total. The molecule has 5 nitrogen and oxygen atoms in total. The monoisotopic (exact) mass is 370 g/mol.